The fourth-order valence-electron chi connectivity index (χ4n) is 2.24. The molecule has 1 heterocycles. The fraction of sp³-hybridized carbons (Fsp3) is 0. The standard InChI is InChI=1S/C15H10O9/c16-6-2-1-5(3-7(6)17)14-13(21)11(19)10-9(23-14)4-8(18)15(24-22)12(10)20/h1-4,16-18,20-22H. The molecule has 0 aliphatic heterocycles. The van der Waals surface area contributed by atoms with Gasteiger partial charge in [-0.25, -0.2) is 5.26 Å². The van der Waals surface area contributed by atoms with Crippen LogP contribution in [0.2, 0.25) is 0 Å². The van der Waals surface area contributed by atoms with Gasteiger partial charge >= 0.3 is 0 Å². The molecule has 0 aliphatic carbocycles. The Labute approximate surface area is 132 Å². The molecule has 9 heteroatoms. The predicted molar refractivity (Wildman–Crippen MR) is 79.5 cm³/mol. The Kier molecular flexibility index (Phi) is 3.35. The number of aromatic hydroxyl groups is 5. The van der Waals surface area contributed by atoms with Crippen molar-refractivity contribution in [1.29, 1.82) is 0 Å². The molecule has 0 fully saturated rings. The van der Waals surface area contributed by atoms with Gasteiger partial charge in [0.05, 0.1) is 0 Å². The van der Waals surface area contributed by atoms with Gasteiger partial charge in [0.2, 0.25) is 16.9 Å². The highest BCUT2D eigenvalue weighted by atomic mass is 17.1. The van der Waals surface area contributed by atoms with Gasteiger partial charge in [0.1, 0.15) is 11.0 Å². The number of benzene rings is 2. The van der Waals surface area contributed by atoms with Gasteiger partial charge in [0, 0.05) is 11.6 Å². The highest BCUT2D eigenvalue weighted by Crippen LogP contribution is 2.43. The Morgan fingerprint density at radius 3 is 2.21 bits per heavy atom. The lowest BCUT2D eigenvalue weighted by Gasteiger charge is -2.10. The van der Waals surface area contributed by atoms with Crippen LogP contribution in [0, 0.1) is 0 Å². The third-order valence-electron chi connectivity index (χ3n) is 3.40. The van der Waals surface area contributed by atoms with Crippen molar-refractivity contribution in [2.75, 3.05) is 0 Å². The van der Waals surface area contributed by atoms with E-state index in [1.165, 1.54) is 6.07 Å². The van der Waals surface area contributed by atoms with Crippen LogP contribution in [0.1, 0.15) is 0 Å². The van der Waals surface area contributed by atoms with Crippen LogP contribution in [-0.4, -0.2) is 30.8 Å². The molecule has 0 saturated heterocycles. The summed E-state index contributed by atoms with van der Waals surface area (Å²) in [7, 11) is 0. The summed E-state index contributed by atoms with van der Waals surface area (Å²) in [5.41, 5.74) is -1.31. The van der Waals surface area contributed by atoms with Crippen LogP contribution in [0.4, 0.5) is 0 Å². The van der Waals surface area contributed by atoms with Crippen molar-refractivity contribution in [2.24, 2.45) is 0 Å². The zero-order chi connectivity index (χ0) is 17.6. The van der Waals surface area contributed by atoms with Crippen molar-refractivity contribution in [2.45, 2.75) is 0 Å². The number of hydrogen-bond donors (Lipinski definition) is 6. The minimum atomic E-state index is -1.06. The average Bonchev–Trinajstić information content (AvgIpc) is 2.53. The zero-order valence-corrected chi connectivity index (χ0v) is 11.7. The number of phenolic OH excluding ortho intramolecular Hbond substituents is 4. The van der Waals surface area contributed by atoms with Gasteiger partial charge < -0.3 is 34.8 Å². The molecule has 0 aliphatic rings. The molecule has 0 atom stereocenters. The minimum absolute atomic E-state index is 0.0586. The van der Waals surface area contributed by atoms with E-state index < -0.39 is 45.3 Å². The van der Waals surface area contributed by atoms with Crippen LogP contribution in [0.5, 0.6) is 34.5 Å². The van der Waals surface area contributed by atoms with Crippen LogP contribution in [-0.2, 0) is 0 Å². The van der Waals surface area contributed by atoms with Crippen molar-refractivity contribution in [3.63, 3.8) is 0 Å². The Morgan fingerprint density at radius 1 is 0.875 bits per heavy atom. The maximum atomic E-state index is 12.3. The molecule has 1 aromatic heterocycles. The molecule has 2 aromatic carbocycles. The summed E-state index contributed by atoms with van der Waals surface area (Å²) in [6, 6.07) is 4.32. The van der Waals surface area contributed by atoms with E-state index in [9.17, 15) is 30.3 Å². The fourth-order valence-corrected chi connectivity index (χ4v) is 2.24. The van der Waals surface area contributed by atoms with Gasteiger partial charge in [-0.05, 0) is 18.2 Å². The summed E-state index contributed by atoms with van der Waals surface area (Å²) in [6.45, 7) is 0. The van der Waals surface area contributed by atoms with Gasteiger partial charge in [-0.1, -0.05) is 0 Å². The Bertz CT molecular complexity index is 1020. The zero-order valence-electron chi connectivity index (χ0n) is 11.7. The molecular formula is C15H10O9. The van der Waals surface area contributed by atoms with Gasteiger partial charge in [0.25, 0.3) is 0 Å². The summed E-state index contributed by atoms with van der Waals surface area (Å²) in [5, 5.41) is 56.5. The quantitative estimate of drug-likeness (QED) is 0.233. The van der Waals surface area contributed by atoms with Crippen LogP contribution in [0.3, 0.4) is 0 Å². The van der Waals surface area contributed by atoms with Gasteiger partial charge in [-0.3, -0.25) is 4.79 Å². The lowest BCUT2D eigenvalue weighted by Crippen LogP contribution is -2.04. The Balaban J connectivity index is 2.38. The molecule has 124 valence electrons. The van der Waals surface area contributed by atoms with Crippen molar-refractivity contribution >= 4 is 11.0 Å². The normalized spacial score (nSPS) is 10.9. The second-order valence-electron chi connectivity index (χ2n) is 4.85. The van der Waals surface area contributed by atoms with E-state index in [-0.39, 0.29) is 16.9 Å². The number of hydrogen-bond acceptors (Lipinski definition) is 9. The summed E-state index contributed by atoms with van der Waals surface area (Å²) in [4.78, 5) is 16.1. The van der Waals surface area contributed by atoms with E-state index in [0.29, 0.717) is 0 Å². The average molecular weight is 334 g/mol. The van der Waals surface area contributed by atoms with Gasteiger partial charge in [0.15, 0.2) is 28.8 Å². The summed E-state index contributed by atoms with van der Waals surface area (Å²) >= 11 is 0. The first-order valence-electron chi connectivity index (χ1n) is 6.43. The first-order valence-corrected chi connectivity index (χ1v) is 6.43. The van der Waals surface area contributed by atoms with Gasteiger partial charge in [-0.2, -0.15) is 0 Å². The molecule has 0 spiro atoms. The lowest BCUT2D eigenvalue weighted by molar-refractivity contribution is -0.140. The first kappa shape index (κ1) is 15.3. The van der Waals surface area contributed by atoms with Gasteiger partial charge in [-0.15, -0.1) is 0 Å². The highest BCUT2D eigenvalue weighted by molar-refractivity contribution is 5.91. The van der Waals surface area contributed by atoms with Crippen molar-refractivity contribution in [1.82, 2.24) is 0 Å². The Morgan fingerprint density at radius 2 is 1.58 bits per heavy atom. The van der Waals surface area contributed by atoms with Crippen molar-refractivity contribution < 1.29 is 40.1 Å². The molecule has 0 bridgehead atoms. The van der Waals surface area contributed by atoms with Crippen LogP contribution in [0.15, 0.2) is 33.5 Å². The molecule has 9 nitrogen and oxygen atoms in total. The van der Waals surface area contributed by atoms with Crippen LogP contribution >= 0.6 is 0 Å². The van der Waals surface area contributed by atoms with E-state index in [4.69, 9.17) is 9.67 Å². The largest absolute Gasteiger partial charge is 0.504 e. The molecule has 3 aromatic rings. The maximum Gasteiger partial charge on any atom is 0.249 e. The molecule has 6 N–H and O–H groups in total. The van der Waals surface area contributed by atoms with Crippen molar-refractivity contribution in [3.8, 4) is 45.8 Å². The Hall–Kier alpha value is -3.59. The number of rotatable bonds is 2. The molecule has 0 amide bonds. The second-order valence-corrected chi connectivity index (χ2v) is 4.85. The number of fused-ring (bicyclic) bond motifs is 1. The predicted octanol–water partition coefficient (Wildman–Crippen LogP) is 1.84. The summed E-state index contributed by atoms with van der Waals surface area (Å²) < 4.78 is 5.32. The van der Waals surface area contributed by atoms with E-state index in [1.807, 2.05) is 0 Å². The van der Waals surface area contributed by atoms with E-state index in [1.54, 1.807) is 0 Å². The first-order chi connectivity index (χ1) is 11.3. The molecular weight excluding hydrogens is 324 g/mol. The van der Waals surface area contributed by atoms with Crippen molar-refractivity contribution in [3.05, 3.63) is 34.5 Å². The molecule has 0 saturated carbocycles. The number of phenols is 4. The SMILES string of the molecule is O=c1c(O)c(-c2ccc(O)c(O)c2)oc2cc(O)c(OO)c(O)c12. The molecule has 24 heavy (non-hydrogen) atoms. The highest BCUT2D eigenvalue weighted by Gasteiger charge is 2.23. The van der Waals surface area contributed by atoms with E-state index in [0.717, 1.165) is 18.2 Å². The minimum Gasteiger partial charge on any atom is -0.504 e. The third kappa shape index (κ3) is 2.11. The third-order valence-corrected chi connectivity index (χ3v) is 3.40. The summed E-state index contributed by atoms with van der Waals surface area (Å²) in [6.07, 6.45) is 0. The van der Waals surface area contributed by atoms with Crippen LogP contribution in [0.25, 0.3) is 22.3 Å². The topological polar surface area (TPSA) is 161 Å². The van der Waals surface area contributed by atoms with E-state index in [2.05, 4.69) is 4.89 Å². The molecule has 0 unspecified atom stereocenters. The smallest absolute Gasteiger partial charge is 0.249 e. The maximum absolute atomic E-state index is 12.3. The lowest BCUT2D eigenvalue weighted by atomic mass is 10.1. The van der Waals surface area contributed by atoms with E-state index >= 15 is 0 Å². The molecule has 0 radical (unpaired) electrons. The summed E-state index contributed by atoms with van der Waals surface area (Å²) in [5.74, 6) is -4.58. The monoisotopic (exact) mass is 334 g/mol. The molecule has 3 rings (SSSR count). The second kappa shape index (κ2) is 5.25. The van der Waals surface area contributed by atoms with Crippen LogP contribution < -0.4 is 10.3 Å².